The Labute approximate surface area is 271 Å². The highest BCUT2D eigenvalue weighted by atomic mass is 32.1. The molecule has 0 aliphatic heterocycles. The number of benzene rings is 6. The van der Waals surface area contributed by atoms with Crippen molar-refractivity contribution >= 4 is 64.5 Å². The van der Waals surface area contributed by atoms with Crippen LogP contribution in [0.25, 0.3) is 98.8 Å². The van der Waals surface area contributed by atoms with Crippen molar-refractivity contribution in [1.82, 2.24) is 19.9 Å². The van der Waals surface area contributed by atoms with Crippen molar-refractivity contribution in [3.63, 3.8) is 0 Å². The molecule has 10 rings (SSSR count). The highest BCUT2D eigenvalue weighted by molar-refractivity contribution is 7.25. The molecule has 6 nitrogen and oxygen atoms in total. The summed E-state index contributed by atoms with van der Waals surface area (Å²) in [4.78, 5) is 19.8. The smallest absolute Gasteiger partial charge is 0.227 e. The van der Waals surface area contributed by atoms with Gasteiger partial charge in [0.15, 0.2) is 23.1 Å². The maximum Gasteiger partial charge on any atom is 0.227 e. The van der Waals surface area contributed by atoms with Gasteiger partial charge in [-0.3, -0.25) is 0 Å². The van der Waals surface area contributed by atoms with E-state index in [1.807, 2.05) is 78.9 Å². The lowest BCUT2D eigenvalue weighted by Gasteiger charge is -2.09. The van der Waals surface area contributed by atoms with Crippen LogP contribution in [0.15, 0.2) is 142 Å². The number of hydrogen-bond acceptors (Lipinski definition) is 7. The Kier molecular flexibility index (Phi) is 5.64. The van der Waals surface area contributed by atoms with E-state index >= 15 is 0 Å². The van der Waals surface area contributed by atoms with Gasteiger partial charge in [-0.1, -0.05) is 84.9 Å². The largest absolute Gasteiger partial charge is 0.456 e. The first-order valence-electron chi connectivity index (χ1n) is 15.3. The molecule has 0 fully saturated rings. The number of aromatic nitrogens is 4. The van der Waals surface area contributed by atoms with Gasteiger partial charge in [0.05, 0.1) is 0 Å². The van der Waals surface area contributed by atoms with Gasteiger partial charge in [0.25, 0.3) is 0 Å². The molecule has 0 aliphatic rings. The average Bonchev–Trinajstić information content (AvgIpc) is 3.84. The number of hydrogen-bond donors (Lipinski definition) is 0. The molecule has 0 atom stereocenters. The number of para-hydroxylation sites is 2. The van der Waals surface area contributed by atoms with Gasteiger partial charge in [-0.15, -0.1) is 11.3 Å². The van der Waals surface area contributed by atoms with Crippen LogP contribution in [0.4, 0.5) is 0 Å². The lowest BCUT2D eigenvalue weighted by atomic mass is 10.0. The standard InChI is InChI=1S/C40H22N4O2S/c1-2-9-23(10-3-1)37-42-38(24-17-19-27-26-11-4-7-16-34(26)47-35(27)22-24)44-39(43-37)29-12-8-15-32-36(29)28-20-18-25(21-33(28)45-32)40-41-30-13-5-6-14-31(30)46-40/h1-22H. The summed E-state index contributed by atoms with van der Waals surface area (Å²) >= 11 is 1.78. The zero-order chi connectivity index (χ0) is 30.9. The summed E-state index contributed by atoms with van der Waals surface area (Å²) in [5.74, 6) is 2.38. The van der Waals surface area contributed by atoms with Crippen molar-refractivity contribution in [2.45, 2.75) is 0 Å². The maximum atomic E-state index is 6.42. The number of oxazole rings is 1. The van der Waals surface area contributed by atoms with E-state index in [4.69, 9.17) is 23.8 Å². The van der Waals surface area contributed by atoms with Crippen molar-refractivity contribution in [2.24, 2.45) is 0 Å². The third kappa shape index (κ3) is 4.25. The second kappa shape index (κ2) is 10.2. The second-order valence-corrected chi connectivity index (χ2v) is 12.5. The van der Waals surface area contributed by atoms with Gasteiger partial charge in [0.2, 0.25) is 5.89 Å². The van der Waals surface area contributed by atoms with Crippen LogP contribution in [0.1, 0.15) is 0 Å². The van der Waals surface area contributed by atoms with Crippen LogP contribution in [-0.4, -0.2) is 19.9 Å². The topological polar surface area (TPSA) is 77.8 Å². The highest BCUT2D eigenvalue weighted by Crippen LogP contribution is 2.39. The predicted octanol–water partition coefficient (Wildman–Crippen LogP) is 10.9. The molecule has 0 saturated carbocycles. The number of nitrogens with zero attached hydrogens (tertiary/aromatic N) is 4. The first kappa shape index (κ1) is 26.1. The van der Waals surface area contributed by atoms with E-state index in [-0.39, 0.29) is 0 Å². The number of rotatable bonds is 4. The normalized spacial score (nSPS) is 11.8. The summed E-state index contributed by atoms with van der Waals surface area (Å²) < 4.78 is 14.9. The number of thiophene rings is 1. The molecule has 0 N–H and O–H groups in total. The molecule has 0 unspecified atom stereocenters. The summed E-state index contributed by atoms with van der Waals surface area (Å²) in [5, 5.41) is 4.41. The van der Waals surface area contributed by atoms with Crippen molar-refractivity contribution < 1.29 is 8.83 Å². The van der Waals surface area contributed by atoms with Gasteiger partial charge in [0.1, 0.15) is 16.7 Å². The third-order valence-corrected chi connectivity index (χ3v) is 9.72. The Morgan fingerprint density at radius 3 is 2.06 bits per heavy atom. The molecule has 0 radical (unpaired) electrons. The van der Waals surface area contributed by atoms with E-state index in [0.29, 0.717) is 23.4 Å². The number of furan rings is 1. The molecule has 4 heterocycles. The third-order valence-electron chi connectivity index (χ3n) is 8.58. The van der Waals surface area contributed by atoms with Crippen molar-refractivity contribution in [2.75, 3.05) is 0 Å². The molecule has 0 saturated heterocycles. The average molecular weight is 623 g/mol. The van der Waals surface area contributed by atoms with E-state index in [1.165, 1.54) is 20.2 Å². The molecule has 10 aromatic rings. The molecule has 0 amide bonds. The Balaban J connectivity index is 1.16. The van der Waals surface area contributed by atoms with Crippen LogP contribution < -0.4 is 0 Å². The fourth-order valence-corrected chi connectivity index (χ4v) is 7.49. The van der Waals surface area contributed by atoms with Crippen molar-refractivity contribution in [3.8, 4) is 45.6 Å². The minimum atomic E-state index is 0.555. The summed E-state index contributed by atoms with van der Waals surface area (Å²) in [6.45, 7) is 0. The summed E-state index contributed by atoms with van der Waals surface area (Å²) in [6.07, 6.45) is 0. The van der Waals surface area contributed by atoms with E-state index in [9.17, 15) is 0 Å². The first-order valence-corrected chi connectivity index (χ1v) is 16.1. The predicted molar refractivity (Wildman–Crippen MR) is 189 cm³/mol. The fraction of sp³-hybridized carbons (Fsp3) is 0. The second-order valence-electron chi connectivity index (χ2n) is 11.5. The Morgan fingerprint density at radius 2 is 1.15 bits per heavy atom. The van der Waals surface area contributed by atoms with E-state index in [0.717, 1.165) is 55.3 Å². The molecule has 7 heteroatoms. The van der Waals surface area contributed by atoms with Crippen LogP contribution in [0.3, 0.4) is 0 Å². The van der Waals surface area contributed by atoms with Crippen LogP contribution in [0, 0.1) is 0 Å². The Hall–Kier alpha value is -6.18. The minimum Gasteiger partial charge on any atom is -0.456 e. The zero-order valence-corrected chi connectivity index (χ0v) is 25.5. The van der Waals surface area contributed by atoms with Gasteiger partial charge in [-0.25, -0.2) is 19.9 Å². The summed E-state index contributed by atoms with van der Waals surface area (Å²) in [5.41, 5.74) is 6.65. The summed E-state index contributed by atoms with van der Waals surface area (Å²) in [6, 6.07) is 44.9. The molecule has 47 heavy (non-hydrogen) atoms. The van der Waals surface area contributed by atoms with Crippen LogP contribution in [0.2, 0.25) is 0 Å². The fourth-order valence-electron chi connectivity index (χ4n) is 6.35. The van der Waals surface area contributed by atoms with Gasteiger partial charge in [-0.2, -0.15) is 0 Å². The minimum absolute atomic E-state index is 0.555. The quantitative estimate of drug-likeness (QED) is 0.194. The molecule has 0 bridgehead atoms. The zero-order valence-electron chi connectivity index (χ0n) is 24.7. The van der Waals surface area contributed by atoms with Crippen molar-refractivity contribution in [1.29, 1.82) is 0 Å². The molecule has 4 aromatic heterocycles. The van der Waals surface area contributed by atoms with Crippen LogP contribution >= 0.6 is 11.3 Å². The van der Waals surface area contributed by atoms with Gasteiger partial charge >= 0.3 is 0 Å². The number of fused-ring (bicyclic) bond motifs is 7. The first-order chi connectivity index (χ1) is 23.2. The molecule has 220 valence electrons. The lowest BCUT2D eigenvalue weighted by molar-refractivity contribution is 0.619. The monoisotopic (exact) mass is 622 g/mol. The Morgan fingerprint density at radius 1 is 0.426 bits per heavy atom. The highest BCUT2D eigenvalue weighted by Gasteiger charge is 2.19. The van der Waals surface area contributed by atoms with Gasteiger partial charge in [0, 0.05) is 53.2 Å². The Bertz CT molecular complexity index is 2780. The molecule has 6 aromatic carbocycles. The summed E-state index contributed by atoms with van der Waals surface area (Å²) in [7, 11) is 0. The molecule has 0 spiro atoms. The molecular formula is C40H22N4O2S. The van der Waals surface area contributed by atoms with Crippen molar-refractivity contribution in [3.05, 3.63) is 133 Å². The maximum absolute atomic E-state index is 6.42. The van der Waals surface area contributed by atoms with Crippen LogP contribution in [0.5, 0.6) is 0 Å². The van der Waals surface area contributed by atoms with E-state index in [1.54, 1.807) is 11.3 Å². The van der Waals surface area contributed by atoms with E-state index in [2.05, 4.69) is 59.6 Å². The lowest BCUT2D eigenvalue weighted by Crippen LogP contribution is -2.00. The van der Waals surface area contributed by atoms with Crippen LogP contribution in [-0.2, 0) is 0 Å². The van der Waals surface area contributed by atoms with E-state index < -0.39 is 0 Å². The molecular weight excluding hydrogens is 601 g/mol. The SMILES string of the molecule is c1ccc(-c2nc(-c3ccc4c(c3)sc3ccccc34)nc(-c3cccc4oc5cc(-c6nc7ccccc7o6)ccc5c34)n2)cc1. The van der Waals surface area contributed by atoms with Gasteiger partial charge < -0.3 is 8.83 Å². The van der Waals surface area contributed by atoms with Gasteiger partial charge in [-0.05, 0) is 48.5 Å². The molecule has 0 aliphatic carbocycles.